The van der Waals surface area contributed by atoms with Crippen LogP contribution >= 0.6 is 0 Å². The van der Waals surface area contributed by atoms with Gasteiger partial charge in [-0.15, -0.1) is 0 Å². The lowest BCUT2D eigenvalue weighted by molar-refractivity contribution is 0.0917. The fourth-order valence-electron chi connectivity index (χ4n) is 2.15. The Labute approximate surface area is 119 Å². The average Bonchev–Trinajstić information content (AvgIpc) is 2.84. The predicted molar refractivity (Wildman–Crippen MR) is 80.7 cm³/mol. The van der Waals surface area contributed by atoms with Crippen LogP contribution in [0, 0.1) is 5.92 Å². The second kappa shape index (κ2) is 6.05. The molecule has 1 unspecified atom stereocenters. The molecule has 2 N–H and O–H groups in total. The topological polar surface area (TPSA) is 61.0 Å². The van der Waals surface area contributed by atoms with Gasteiger partial charge in [0.1, 0.15) is 0 Å². The Bertz CT molecular complexity index is 588. The molecule has 1 aromatic carbocycles. The van der Waals surface area contributed by atoms with E-state index in [4.69, 9.17) is 0 Å². The zero-order chi connectivity index (χ0) is 14.7. The first-order chi connectivity index (χ1) is 9.47. The summed E-state index contributed by atoms with van der Waals surface area (Å²) in [4.78, 5) is 21.6. The van der Waals surface area contributed by atoms with E-state index in [1.807, 2.05) is 32.3 Å². The molecule has 1 amide bonds. The first-order valence-electron chi connectivity index (χ1n) is 6.86. The molecule has 0 spiro atoms. The van der Waals surface area contributed by atoms with Crippen molar-refractivity contribution in [3.63, 3.8) is 0 Å². The molecule has 5 nitrogen and oxygen atoms in total. The number of H-pyrrole nitrogens is 1. The average molecular weight is 274 g/mol. The predicted octanol–water partition coefficient (Wildman–Crippen LogP) is 1.88. The molecule has 0 saturated heterocycles. The SMILES string of the molecule is CC(C)C(CN(C)C)NC(=O)c1ccc2nc[nH]c2c1. The highest BCUT2D eigenvalue weighted by Gasteiger charge is 2.18. The summed E-state index contributed by atoms with van der Waals surface area (Å²) in [6.45, 7) is 5.06. The van der Waals surface area contributed by atoms with Crippen molar-refractivity contribution in [2.45, 2.75) is 19.9 Å². The fourth-order valence-corrected chi connectivity index (χ4v) is 2.15. The molecule has 0 radical (unpaired) electrons. The number of nitrogens with zero attached hydrogens (tertiary/aromatic N) is 2. The maximum atomic E-state index is 12.3. The highest BCUT2D eigenvalue weighted by molar-refractivity contribution is 5.97. The number of fused-ring (bicyclic) bond motifs is 1. The zero-order valence-electron chi connectivity index (χ0n) is 12.5. The fraction of sp³-hybridized carbons (Fsp3) is 0.467. The van der Waals surface area contributed by atoms with Gasteiger partial charge in [-0.2, -0.15) is 0 Å². The molecule has 2 aromatic rings. The molecule has 0 aliphatic heterocycles. The quantitative estimate of drug-likeness (QED) is 0.875. The zero-order valence-corrected chi connectivity index (χ0v) is 12.5. The van der Waals surface area contributed by atoms with E-state index in [1.165, 1.54) is 0 Å². The number of aromatic amines is 1. The molecule has 1 heterocycles. The van der Waals surface area contributed by atoms with E-state index in [-0.39, 0.29) is 11.9 Å². The van der Waals surface area contributed by atoms with E-state index >= 15 is 0 Å². The lowest BCUT2D eigenvalue weighted by atomic mass is 10.0. The van der Waals surface area contributed by atoms with Crippen LogP contribution in [-0.4, -0.2) is 47.5 Å². The monoisotopic (exact) mass is 274 g/mol. The van der Waals surface area contributed by atoms with Crippen molar-refractivity contribution in [1.29, 1.82) is 0 Å². The second-order valence-corrected chi connectivity index (χ2v) is 5.72. The number of hydrogen-bond donors (Lipinski definition) is 2. The minimum Gasteiger partial charge on any atom is -0.348 e. The van der Waals surface area contributed by atoms with Crippen LogP contribution in [0.5, 0.6) is 0 Å². The summed E-state index contributed by atoms with van der Waals surface area (Å²) in [5.41, 5.74) is 2.41. The van der Waals surface area contributed by atoms with Gasteiger partial charge in [-0.1, -0.05) is 13.8 Å². The van der Waals surface area contributed by atoms with Crippen LogP contribution in [0.3, 0.4) is 0 Å². The van der Waals surface area contributed by atoms with E-state index < -0.39 is 0 Å². The summed E-state index contributed by atoms with van der Waals surface area (Å²) < 4.78 is 0. The van der Waals surface area contributed by atoms with Gasteiger partial charge in [0, 0.05) is 18.2 Å². The van der Waals surface area contributed by atoms with Crippen molar-refractivity contribution in [3.8, 4) is 0 Å². The standard InChI is InChI=1S/C15H22N4O/c1-10(2)14(8-19(3)4)18-15(20)11-5-6-12-13(7-11)17-9-16-12/h5-7,9-10,14H,8H2,1-4H3,(H,16,17)(H,18,20). The minimum atomic E-state index is -0.0398. The van der Waals surface area contributed by atoms with Crippen LogP contribution in [-0.2, 0) is 0 Å². The molecule has 20 heavy (non-hydrogen) atoms. The summed E-state index contributed by atoms with van der Waals surface area (Å²) in [6.07, 6.45) is 1.63. The van der Waals surface area contributed by atoms with E-state index in [1.54, 1.807) is 6.33 Å². The molecule has 5 heteroatoms. The highest BCUT2D eigenvalue weighted by Crippen LogP contribution is 2.12. The van der Waals surface area contributed by atoms with Gasteiger partial charge in [-0.05, 0) is 38.2 Å². The maximum absolute atomic E-state index is 12.3. The molecule has 1 atom stereocenters. The van der Waals surface area contributed by atoms with Crippen LogP contribution in [0.2, 0.25) is 0 Å². The van der Waals surface area contributed by atoms with E-state index in [0.717, 1.165) is 17.6 Å². The lowest BCUT2D eigenvalue weighted by Gasteiger charge is -2.25. The number of nitrogens with one attached hydrogen (secondary N) is 2. The molecule has 108 valence electrons. The molecule has 1 aromatic heterocycles. The second-order valence-electron chi connectivity index (χ2n) is 5.72. The number of imidazole rings is 1. The number of carbonyl (C=O) groups excluding carboxylic acids is 1. The van der Waals surface area contributed by atoms with Crippen LogP contribution in [0.1, 0.15) is 24.2 Å². The Balaban J connectivity index is 2.13. The highest BCUT2D eigenvalue weighted by atomic mass is 16.1. The first kappa shape index (κ1) is 14.5. The van der Waals surface area contributed by atoms with Gasteiger partial charge in [-0.3, -0.25) is 4.79 Å². The Morgan fingerprint density at radius 2 is 2.15 bits per heavy atom. The van der Waals surface area contributed by atoms with E-state index in [2.05, 4.69) is 34.0 Å². The summed E-state index contributed by atoms with van der Waals surface area (Å²) in [5.74, 6) is 0.347. The van der Waals surface area contributed by atoms with Crippen LogP contribution in [0.15, 0.2) is 24.5 Å². The van der Waals surface area contributed by atoms with Crippen molar-refractivity contribution >= 4 is 16.9 Å². The molecule has 0 aliphatic rings. The van der Waals surface area contributed by atoms with Crippen molar-refractivity contribution in [3.05, 3.63) is 30.1 Å². The third kappa shape index (κ3) is 3.36. The van der Waals surface area contributed by atoms with Crippen molar-refractivity contribution in [2.75, 3.05) is 20.6 Å². The number of aromatic nitrogens is 2. The number of rotatable bonds is 5. The molecule has 0 bridgehead atoms. The molecule has 2 rings (SSSR count). The minimum absolute atomic E-state index is 0.0398. The van der Waals surface area contributed by atoms with Gasteiger partial charge >= 0.3 is 0 Å². The van der Waals surface area contributed by atoms with Gasteiger partial charge in [0.25, 0.3) is 5.91 Å². The van der Waals surface area contributed by atoms with Gasteiger partial charge in [0.05, 0.1) is 17.4 Å². The normalized spacial score (nSPS) is 13.1. The van der Waals surface area contributed by atoms with Crippen molar-refractivity contribution in [1.82, 2.24) is 20.2 Å². The van der Waals surface area contributed by atoms with Gasteiger partial charge < -0.3 is 15.2 Å². The van der Waals surface area contributed by atoms with Crippen molar-refractivity contribution < 1.29 is 4.79 Å². The number of hydrogen-bond acceptors (Lipinski definition) is 3. The number of amides is 1. The molecule has 0 aliphatic carbocycles. The number of benzene rings is 1. The smallest absolute Gasteiger partial charge is 0.251 e. The summed E-state index contributed by atoms with van der Waals surface area (Å²) in [6, 6.07) is 5.64. The lowest BCUT2D eigenvalue weighted by Crippen LogP contribution is -2.45. The van der Waals surface area contributed by atoms with E-state index in [9.17, 15) is 4.79 Å². The Hall–Kier alpha value is -1.88. The first-order valence-corrected chi connectivity index (χ1v) is 6.86. The van der Waals surface area contributed by atoms with Gasteiger partial charge in [0.2, 0.25) is 0 Å². The van der Waals surface area contributed by atoms with Gasteiger partial charge in [-0.25, -0.2) is 4.98 Å². The van der Waals surface area contributed by atoms with E-state index in [0.29, 0.717) is 11.5 Å². The largest absolute Gasteiger partial charge is 0.348 e. The maximum Gasteiger partial charge on any atom is 0.251 e. The third-order valence-electron chi connectivity index (χ3n) is 3.37. The van der Waals surface area contributed by atoms with Crippen molar-refractivity contribution in [2.24, 2.45) is 5.92 Å². The Morgan fingerprint density at radius 1 is 1.40 bits per heavy atom. The Morgan fingerprint density at radius 3 is 2.80 bits per heavy atom. The Kier molecular flexibility index (Phi) is 4.39. The van der Waals surface area contributed by atoms with Gasteiger partial charge in [0.15, 0.2) is 0 Å². The van der Waals surface area contributed by atoms with Crippen LogP contribution in [0.4, 0.5) is 0 Å². The summed E-state index contributed by atoms with van der Waals surface area (Å²) >= 11 is 0. The summed E-state index contributed by atoms with van der Waals surface area (Å²) in [7, 11) is 4.02. The molecule has 0 fully saturated rings. The van der Waals surface area contributed by atoms with Crippen LogP contribution in [0.25, 0.3) is 11.0 Å². The molecule has 0 saturated carbocycles. The number of carbonyl (C=O) groups is 1. The van der Waals surface area contributed by atoms with Crippen LogP contribution < -0.4 is 5.32 Å². The number of likely N-dealkylation sites (N-methyl/N-ethyl adjacent to an activating group) is 1. The third-order valence-corrected chi connectivity index (χ3v) is 3.37. The molecular formula is C15H22N4O. The summed E-state index contributed by atoms with van der Waals surface area (Å²) in [5, 5.41) is 3.11. The molecular weight excluding hydrogens is 252 g/mol.